The highest BCUT2D eigenvalue weighted by molar-refractivity contribution is 6.30. The van der Waals surface area contributed by atoms with Gasteiger partial charge in [0.15, 0.2) is 0 Å². The van der Waals surface area contributed by atoms with Crippen molar-refractivity contribution in [2.75, 3.05) is 0 Å². The summed E-state index contributed by atoms with van der Waals surface area (Å²) in [6, 6.07) is 7.32. The number of carboxylic acids is 1. The van der Waals surface area contributed by atoms with Crippen LogP contribution in [0.25, 0.3) is 0 Å². The van der Waals surface area contributed by atoms with Crippen LogP contribution < -0.4 is 0 Å². The molecule has 1 N–H and O–H groups in total. The Balaban J connectivity index is 2.38. The first kappa shape index (κ1) is 17.9. The quantitative estimate of drug-likeness (QED) is 0.837. The highest BCUT2D eigenvalue weighted by Crippen LogP contribution is 2.71. The summed E-state index contributed by atoms with van der Waals surface area (Å²) in [7, 11) is 0. The van der Waals surface area contributed by atoms with Gasteiger partial charge in [-0.15, -0.1) is 0 Å². The number of aliphatic carboxylic acids is 1. The van der Waals surface area contributed by atoms with Gasteiger partial charge in [-0.1, -0.05) is 61.4 Å². The van der Waals surface area contributed by atoms with Crippen molar-refractivity contribution in [3.05, 3.63) is 46.5 Å². The summed E-state index contributed by atoms with van der Waals surface area (Å²) < 4.78 is 38.0. The molecule has 2 nitrogen and oxygen atoms in total. The van der Waals surface area contributed by atoms with Crippen molar-refractivity contribution in [2.45, 2.75) is 33.4 Å². The molecule has 23 heavy (non-hydrogen) atoms. The number of aryl methyl sites for hydroxylation is 1. The van der Waals surface area contributed by atoms with Gasteiger partial charge in [-0.3, -0.25) is 4.79 Å². The fourth-order valence-corrected chi connectivity index (χ4v) is 3.46. The molecule has 0 heterocycles. The molecule has 0 aliphatic heterocycles. The summed E-state index contributed by atoms with van der Waals surface area (Å²) in [5.74, 6) is -1.88. The van der Waals surface area contributed by atoms with E-state index in [4.69, 9.17) is 11.6 Å². The van der Waals surface area contributed by atoms with Gasteiger partial charge < -0.3 is 5.11 Å². The van der Waals surface area contributed by atoms with E-state index in [1.165, 1.54) is 0 Å². The maximum Gasteiger partial charge on any atom is 0.426 e. The molecule has 0 radical (unpaired) electrons. The molecule has 6 heteroatoms. The summed E-state index contributed by atoms with van der Waals surface area (Å²) in [6.07, 6.45) is -3.64. The smallest absolute Gasteiger partial charge is 0.426 e. The molecule has 1 fully saturated rings. The molecule has 1 aromatic rings. The fraction of sp³-hybridized carbons (Fsp3) is 0.471. The van der Waals surface area contributed by atoms with Crippen LogP contribution in [-0.4, -0.2) is 17.3 Å². The molecule has 1 aromatic carbocycles. The summed E-state index contributed by atoms with van der Waals surface area (Å²) in [4.78, 5) is 11.9. The van der Waals surface area contributed by atoms with Crippen LogP contribution in [0, 0.1) is 23.7 Å². The first-order valence-electron chi connectivity index (χ1n) is 7.16. The van der Waals surface area contributed by atoms with Gasteiger partial charge >= 0.3 is 12.1 Å². The van der Waals surface area contributed by atoms with Crippen molar-refractivity contribution in [1.82, 2.24) is 0 Å². The van der Waals surface area contributed by atoms with Gasteiger partial charge in [-0.25, -0.2) is 0 Å². The lowest BCUT2D eigenvalue weighted by Gasteiger charge is -2.15. The predicted molar refractivity (Wildman–Crippen MR) is 82.2 cm³/mol. The number of halogens is 4. The zero-order valence-corrected chi connectivity index (χ0v) is 13.8. The van der Waals surface area contributed by atoms with E-state index in [9.17, 15) is 23.1 Å². The molecule has 126 valence electrons. The Bertz CT molecular complexity index is 647. The third-order valence-corrected chi connectivity index (χ3v) is 5.28. The van der Waals surface area contributed by atoms with E-state index in [0.29, 0.717) is 0 Å². The molecule has 0 aromatic heterocycles. The van der Waals surface area contributed by atoms with Crippen molar-refractivity contribution in [3.8, 4) is 0 Å². The summed E-state index contributed by atoms with van der Waals surface area (Å²) in [6.45, 7) is 5.24. The number of carbonyl (C=O) groups is 1. The molecule has 1 saturated carbocycles. The zero-order valence-electron chi connectivity index (χ0n) is 13.0. The van der Waals surface area contributed by atoms with Crippen LogP contribution in [0.3, 0.4) is 0 Å². The minimum absolute atomic E-state index is 0.165. The highest BCUT2D eigenvalue weighted by atomic mass is 35.5. The summed E-state index contributed by atoms with van der Waals surface area (Å²) >= 11 is 5.32. The molecular weight excluding hydrogens is 329 g/mol. The van der Waals surface area contributed by atoms with Crippen LogP contribution in [0.15, 0.2) is 35.4 Å². The van der Waals surface area contributed by atoms with E-state index < -0.39 is 33.9 Å². The Labute approximate surface area is 138 Å². The molecule has 2 rings (SSSR count). The Morgan fingerprint density at radius 1 is 1.30 bits per heavy atom. The lowest BCUT2D eigenvalue weighted by atomic mass is 9.88. The van der Waals surface area contributed by atoms with Crippen LogP contribution in [0.2, 0.25) is 0 Å². The van der Waals surface area contributed by atoms with E-state index in [1.807, 2.05) is 19.1 Å². The Kier molecular flexibility index (Phi) is 4.31. The fourth-order valence-electron chi connectivity index (χ4n) is 3.34. The minimum Gasteiger partial charge on any atom is -0.481 e. The molecule has 0 bridgehead atoms. The van der Waals surface area contributed by atoms with Gasteiger partial charge in [-0.2, -0.15) is 13.2 Å². The standard InChI is InChI=1S/C17H18ClF3O2/c1-10-4-6-11(7-5-10)9-16(14(22)23)12(15(16,2)3)8-13(18)17(19,20)21/h4-8,12H,9H2,1-3H3,(H,22,23). The number of carboxylic acid groups (broad SMARTS) is 1. The van der Waals surface area contributed by atoms with Gasteiger partial charge in [0, 0.05) is 5.92 Å². The molecule has 0 amide bonds. The molecular formula is C17H18ClF3O2. The van der Waals surface area contributed by atoms with Crippen LogP contribution in [0.4, 0.5) is 13.2 Å². The van der Waals surface area contributed by atoms with Gasteiger partial charge in [-0.05, 0) is 24.3 Å². The highest BCUT2D eigenvalue weighted by Gasteiger charge is 2.74. The summed E-state index contributed by atoms with van der Waals surface area (Å²) in [5, 5.41) is 8.43. The molecule has 0 saturated heterocycles. The summed E-state index contributed by atoms with van der Waals surface area (Å²) in [5.41, 5.74) is -0.280. The minimum atomic E-state index is -4.66. The van der Waals surface area contributed by atoms with Crippen molar-refractivity contribution >= 4 is 17.6 Å². The second-order valence-electron chi connectivity index (χ2n) is 6.65. The third kappa shape index (κ3) is 2.99. The van der Waals surface area contributed by atoms with Crippen molar-refractivity contribution in [1.29, 1.82) is 0 Å². The van der Waals surface area contributed by atoms with Gasteiger partial charge in [0.2, 0.25) is 0 Å². The zero-order chi connectivity index (χ0) is 17.6. The number of rotatable bonds is 4. The Hall–Kier alpha value is -1.49. The first-order valence-corrected chi connectivity index (χ1v) is 7.54. The van der Waals surface area contributed by atoms with Crippen LogP contribution in [-0.2, 0) is 11.2 Å². The van der Waals surface area contributed by atoms with E-state index in [1.54, 1.807) is 26.0 Å². The second-order valence-corrected chi connectivity index (χ2v) is 7.06. The van der Waals surface area contributed by atoms with Crippen LogP contribution in [0.5, 0.6) is 0 Å². The van der Waals surface area contributed by atoms with Gasteiger partial charge in [0.05, 0.1) is 5.41 Å². The topological polar surface area (TPSA) is 37.3 Å². The van der Waals surface area contributed by atoms with E-state index >= 15 is 0 Å². The number of hydrogen-bond acceptors (Lipinski definition) is 1. The maximum atomic E-state index is 12.7. The van der Waals surface area contributed by atoms with Crippen molar-refractivity contribution in [3.63, 3.8) is 0 Å². The predicted octanol–water partition coefficient (Wildman–Crippen LogP) is 4.95. The Morgan fingerprint density at radius 2 is 1.83 bits per heavy atom. The lowest BCUT2D eigenvalue weighted by molar-refractivity contribution is -0.145. The molecule has 1 aliphatic carbocycles. The largest absolute Gasteiger partial charge is 0.481 e. The first-order chi connectivity index (χ1) is 10.4. The van der Waals surface area contributed by atoms with Crippen LogP contribution >= 0.6 is 11.6 Å². The second kappa shape index (κ2) is 5.55. The lowest BCUT2D eigenvalue weighted by Crippen LogP contribution is -2.24. The van der Waals surface area contributed by atoms with Crippen molar-refractivity contribution in [2.24, 2.45) is 16.7 Å². The van der Waals surface area contributed by atoms with E-state index in [-0.39, 0.29) is 6.42 Å². The Morgan fingerprint density at radius 3 is 2.26 bits per heavy atom. The van der Waals surface area contributed by atoms with Gasteiger partial charge in [0.25, 0.3) is 0 Å². The maximum absolute atomic E-state index is 12.7. The molecule has 2 atom stereocenters. The molecule has 0 spiro atoms. The van der Waals surface area contributed by atoms with E-state index in [0.717, 1.165) is 17.2 Å². The van der Waals surface area contributed by atoms with Crippen LogP contribution in [0.1, 0.15) is 25.0 Å². The average Bonchev–Trinajstić information content (AvgIpc) is 2.88. The molecule has 2 unspecified atom stereocenters. The monoisotopic (exact) mass is 346 g/mol. The van der Waals surface area contributed by atoms with E-state index in [2.05, 4.69) is 0 Å². The van der Waals surface area contributed by atoms with Crippen molar-refractivity contribution < 1.29 is 23.1 Å². The average molecular weight is 347 g/mol. The van der Waals surface area contributed by atoms with Gasteiger partial charge in [0.1, 0.15) is 5.03 Å². The number of allylic oxidation sites excluding steroid dienone is 2. The number of hydrogen-bond donors (Lipinski definition) is 1. The number of alkyl halides is 3. The normalized spacial score (nSPS) is 26.9. The molecule has 1 aliphatic rings. The number of benzene rings is 1. The SMILES string of the molecule is Cc1ccc(CC2(C(=O)O)C(C=C(Cl)C(F)(F)F)C2(C)C)cc1. The third-order valence-electron chi connectivity index (χ3n) is 4.94.